The lowest BCUT2D eigenvalue weighted by molar-refractivity contribution is -0.118. The van der Waals surface area contributed by atoms with E-state index in [0.717, 1.165) is 24.2 Å². The summed E-state index contributed by atoms with van der Waals surface area (Å²) in [4.78, 5) is 25.7. The molecule has 1 saturated heterocycles. The van der Waals surface area contributed by atoms with Gasteiger partial charge in [-0.05, 0) is 42.7 Å². The van der Waals surface area contributed by atoms with E-state index in [1.807, 2.05) is 42.5 Å². The number of hydrogen-bond acceptors (Lipinski definition) is 3. The first-order valence-electron chi connectivity index (χ1n) is 8.14. The van der Waals surface area contributed by atoms with Crippen LogP contribution in [0.2, 0.25) is 0 Å². The maximum absolute atomic E-state index is 12.2. The fourth-order valence-corrected chi connectivity index (χ4v) is 2.84. The minimum absolute atomic E-state index is 0. The van der Waals surface area contributed by atoms with Crippen LogP contribution < -0.4 is 16.0 Å². The molecule has 1 heterocycles. The number of anilines is 2. The van der Waals surface area contributed by atoms with E-state index in [4.69, 9.17) is 5.73 Å². The number of amides is 2. The predicted molar refractivity (Wildman–Crippen MR) is 102 cm³/mol. The van der Waals surface area contributed by atoms with E-state index in [1.54, 1.807) is 17.0 Å². The number of carbonyl (C=O) groups excluding carboxylic acids is 2. The number of benzene rings is 2. The average Bonchev–Trinajstić information content (AvgIpc) is 3.02. The topological polar surface area (TPSA) is 75.4 Å². The molecule has 5 nitrogen and oxygen atoms in total. The Morgan fingerprint density at radius 3 is 2.40 bits per heavy atom. The molecule has 1 atom stereocenters. The van der Waals surface area contributed by atoms with Gasteiger partial charge in [-0.15, -0.1) is 12.4 Å². The van der Waals surface area contributed by atoms with Gasteiger partial charge in [0, 0.05) is 24.3 Å². The van der Waals surface area contributed by atoms with Gasteiger partial charge in [0.2, 0.25) is 11.8 Å². The molecule has 132 valence electrons. The van der Waals surface area contributed by atoms with Gasteiger partial charge >= 0.3 is 0 Å². The smallest absolute Gasteiger partial charge is 0.241 e. The maximum atomic E-state index is 12.2. The highest BCUT2D eigenvalue weighted by Gasteiger charge is 2.21. The van der Waals surface area contributed by atoms with Crippen molar-refractivity contribution in [2.45, 2.75) is 25.3 Å². The van der Waals surface area contributed by atoms with Crippen LogP contribution in [0.15, 0.2) is 54.6 Å². The van der Waals surface area contributed by atoms with Crippen molar-refractivity contribution in [3.63, 3.8) is 0 Å². The van der Waals surface area contributed by atoms with Gasteiger partial charge in [-0.2, -0.15) is 0 Å². The Balaban J connectivity index is 0.00000225. The van der Waals surface area contributed by atoms with Crippen LogP contribution in [0.1, 0.15) is 18.4 Å². The highest BCUT2D eigenvalue weighted by atomic mass is 35.5. The van der Waals surface area contributed by atoms with Crippen molar-refractivity contribution < 1.29 is 9.59 Å². The van der Waals surface area contributed by atoms with Crippen LogP contribution in [-0.2, 0) is 16.0 Å². The molecule has 0 radical (unpaired) electrons. The van der Waals surface area contributed by atoms with E-state index in [2.05, 4.69) is 5.32 Å². The molecule has 0 aliphatic carbocycles. The fourth-order valence-electron chi connectivity index (χ4n) is 2.84. The minimum Gasteiger partial charge on any atom is -0.325 e. The van der Waals surface area contributed by atoms with Gasteiger partial charge in [-0.1, -0.05) is 30.3 Å². The van der Waals surface area contributed by atoms with Gasteiger partial charge in [0.05, 0.1) is 6.04 Å². The van der Waals surface area contributed by atoms with Gasteiger partial charge < -0.3 is 16.0 Å². The summed E-state index contributed by atoms with van der Waals surface area (Å²) in [5.74, 6) is -0.0690. The van der Waals surface area contributed by atoms with Crippen molar-refractivity contribution in [3.05, 3.63) is 60.2 Å². The summed E-state index contributed by atoms with van der Waals surface area (Å²) in [6, 6.07) is 16.4. The van der Waals surface area contributed by atoms with Crippen LogP contribution in [0.5, 0.6) is 0 Å². The highest BCUT2D eigenvalue weighted by Crippen LogP contribution is 2.23. The summed E-state index contributed by atoms with van der Waals surface area (Å²) >= 11 is 0. The lowest BCUT2D eigenvalue weighted by Gasteiger charge is -2.17. The average molecular weight is 360 g/mol. The Kier molecular flexibility index (Phi) is 6.56. The van der Waals surface area contributed by atoms with E-state index in [0.29, 0.717) is 18.5 Å². The van der Waals surface area contributed by atoms with Crippen LogP contribution in [0, 0.1) is 0 Å². The SMILES string of the molecule is Cl.NC(Cc1ccccc1)C(=O)Nc1ccc(N2CCCC2=O)cc1. The molecule has 0 spiro atoms. The number of nitrogens with one attached hydrogen (secondary N) is 1. The largest absolute Gasteiger partial charge is 0.325 e. The van der Waals surface area contributed by atoms with Gasteiger partial charge in [0.15, 0.2) is 0 Å². The lowest BCUT2D eigenvalue weighted by Crippen LogP contribution is -2.37. The Labute approximate surface area is 153 Å². The number of carbonyl (C=O) groups is 2. The number of rotatable bonds is 5. The Morgan fingerprint density at radius 2 is 1.80 bits per heavy atom. The van der Waals surface area contributed by atoms with Gasteiger partial charge in [-0.25, -0.2) is 0 Å². The molecule has 1 aliphatic rings. The molecule has 1 fully saturated rings. The second kappa shape index (κ2) is 8.65. The van der Waals surface area contributed by atoms with E-state index in [9.17, 15) is 9.59 Å². The zero-order valence-corrected chi connectivity index (χ0v) is 14.7. The maximum Gasteiger partial charge on any atom is 0.241 e. The highest BCUT2D eigenvalue weighted by molar-refractivity contribution is 5.97. The zero-order valence-electron chi connectivity index (χ0n) is 13.9. The molecule has 2 amide bonds. The van der Waals surface area contributed by atoms with Crippen molar-refractivity contribution in [2.24, 2.45) is 5.73 Å². The molecule has 0 saturated carbocycles. The van der Waals surface area contributed by atoms with E-state index >= 15 is 0 Å². The Hall–Kier alpha value is -2.37. The molecule has 2 aromatic carbocycles. The fraction of sp³-hybridized carbons (Fsp3) is 0.263. The van der Waals surface area contributed by atoms with E-state index < -0.39 is 6.04 Å². The second-order valence-electron chi connectivity index (χ2n) is 5.98. The molecular weight excluding hydrogens is 338 g/mol. The van der Waals surface area contributed by atoms with Gasteiger partial charge in [0.1, 0.15) is 0 Å². The normalized spacial score (nSPS) is 14.8. The summed E-state index contributed by atoms with van der Waals surface area (Å²) in [6.07, 6.45) is 1.99. The third kappa shape index (κ3) is 4.81. The Bertz CT molecular complexity index is 719. The van der Waals surface area contributed by atoms with E-state index in [1.165, 1.54) is 0 Å². The molecule has 0 bridgehead atoms. The molecule has 2 aromatic rings. The number of nitrogens with two attached hydrogens (primary N) is 1. The number of hydrogen-bond donors (Lipinski definition) is 2. The monoisotopic (exact) mass is 359 g/mol. The van der Waals surface area contributed by atoms with Crippen molar-refractivity contribution in [3.8, 4) is 0 Å². The van der Waals surface area contributed by atoms with Crippen LogP contribution in [0.25, 0.3) is 0 Å². The molecule has 0 aromatic heterocycles. The second-order valence-corrected chi connectivity index (χ2v) is 5.98. The van der Waals surface area contributed by atoms with Gasteiger partial charge in [0.25, 0.3) is 0 Å². The summed E-state index contributed by atoms with van der Waals surface area (Å²) in [5.41, 5.74) is 8.55. The zero-order chi connectivity index (χ0) is 16.9. The molecule has 3 N–H and O–H groups in total. The quantitative estimate of drug-likeness (QED) is 0.861. The summed E-state index contributed by atoms with van der Waals surface area (Å²) in [7, 11) is 0. The number of halogens is 1. The van der Waals surface area contributed by atoms with Crippen molar-refractivity contribution in [1.29, 1.82) is 0 Å². The summed E-state index contributed by atoms with van der Waals surface area (Å²) in [5, 5.41) is 2.82. The third-order valence-electron chi connectivity index (χ3n) is 4.16. The van der Waals surface area contributed by atoms with Crippen molar-refractivity contribution in [1.82, 2.24) is 0 Å². The van der Waals surface area contributed by atoms with Crippen LogP contribution >= 0.6 is 12.4 Å². The van der Waals surface area contributed by atoms with Gasteiger partial charge in [-0.3, -0.25) is 9.59 Å². The molecule has 1 unspecified atom stereocenters. The first-order chi connectivity index (χ1) is 11.6. The third-order valence-corrected chi connectivity index (χ3v) is 4.16. The molecule has 3 rings (SSSR count). The first kappa shape index (κ1) is 19.0. The van der Waals surface area contributed by atoms with Crippen LogP contribution in [-0.4, -0.2) is 24.4 Å². The molecule has 6 heteroatoms. The van der Waals surface area contributed by atoms with Crippen LogP contribution in [0.4, 0.5) is 11.4 Å². The molecular formula is C19H22ClN3O2. The first-order valence-corrected chi connectivity index (χ1v) is 8.14. The van der Waals surface area contributed by atoms with Crippen molar-refractivity contribution >= 4 is 35.6 Å². The lowest BCUT2D eigenvalue weighted by atomic mass is 10.1. The van der Waals surface area contributed by atoms with Crippen LogP contribution in [0.3, 0.4) is 0 Å². The number of nitrogens with zero attached hydrogens (tertiary/aromatic N) is 1. The summed E-state index contributed by atoms with van der Waals surface area (Å²) in [6.45, 7) is 0.756. The minimum atomic E-state index is -0.604. The molecule has 25 heavy (non-hydrogen) atoms. The standard InChI is InChI=1S/C19H21N3O2.ClH/c20-17(13-14-5-2-1-3-6-14)19(24)21-15-8-10-16(11-9-15)22-12-4-7-18(22)23;/h1-3,5-6,8-11,17H,4,7,12-13,20H2,(H,21,24);1H. The van der Waals surface area contributed by atoms with Crippen molar-refractivity contribution in [2.75, 3.05) is 16.8 Å². The van der Waals surface area contributed by atoms with E-state index in [-0.39, 0.29) is 24.2 Å². The predicted octanol–water partition coefficient (Wildman–Crippen LogP) is 2.74. The Morgan fingerprint density at radius 1 is 1.12 bits per heavy atom. The summed E-state index contributed by atoms with van der Waals surface area (Å²) < 4.78 is 0. The molecule has 1 aliphatic heterocycles.